The summed E-state index contributed by atoms with van der Waals surface area (Å²) in [5, 5.41) is 8.83. The Bertz CT molecular complexity index is 594. The van der Waals surface area contributed by atoms with E-state index in [1.54, 1.807) is 0 Å². The van der Waals surface area contributed by atoms with E-state index in [9.17, 15) is 17.6 Å². The molecule has 7 heteroatoms. The van der Waals surface area contributed by atoms with Gasteiger partial charge >= 0.3 is 5.97 Å². The Hall–Kier alpha value is -1.63. The molecule has 0 spiro atoms. The third-order valence-corrected chi connectivity index (χ3v) is 3.81. The highest BCUT2D eigenvalue weighted by Crippen LogP contribution is 2.30. The molecule has 0 aromatic heterocycles. The molecule has 1 atom stereocenters. The van der Waals surface area contributed by atoms with Crippen LogP contribution in [0.15, 0.2) is 17.0 Å². The van der Waals surface area contributed by atoms with Crippen molar-refractivity contribution in [3.05, 3.63) is 23.5 Å². The van der Waals surface area contributed by atoms with E-state index in [1.807, 2.05) is 0 Å². The molecule has 1 rings (SSSR count). The lowest BCUT2D eigenvalue weighted by atomic mass is 10.0. The van der Waals surface area contributed by atoms with Gasteiger partial charge in [0, 0.05) is 6.26 Å². The standard InChI is InChI=1S/C12H15FO5S/c1-7(12(14)15)6-8-4-5-9(19(3,16)17)10(13)11(8)18-2/h4-5,7H,6H2,1-3H3,(H,14,15). The molecule has 0 aliphatic rings. The van der Waals surface area contributed by atoms with E-state index in [0.29, 0.717) is 5.56 Å². The first-order chi connectivity index (χ1) is 8.68. The molecule has 0 amide bonds. The molecule has 106 valence electrons. The van der Waals surface area contributed by atoms with Crippen molar-refractivity contribution in [2.45, 2.75) is 18.2 Å². The van der Waals surface area contributed by atoms with E-state index < -0.39 is 32.4 Å². The SMILES string of the molecule is COc1c(CC(C)C(=O)O)ccc(S(C)(=O)=O)c1F. The summed E-state index contributed by atoms with van der Waals surface area (Å²) < 4.78 is 41.6. The lowest BCUT2D eigenvalue weighted by Gasteiger charge is -2.13. The first kappa shape index (κ1) is 15.4. The molecule has 0 saturated heterocycles. The van der Waals surface area contributed by atoms with Crippen molar-refractivity contribution in [3.8, 4) is 5.75 Å². The molecular weight excluding hydrogens is 275 g/mol. The molecule has 0 radical (unpaired) electrons. The van der Waals surface area contributed by atoms with E-state index in [1.165, 1.54) is 20.1 Å². The summed E-state index contributed by atoms with van der Waals surface area (Å²) in [6.07, 6.45) is 0.948. The number of rotatable bonds is 5. The van der Waals surface area contributed by atoms with Gasteiger partial charge in [-0.3, -0.25) is 4.79 Å². The summed E-state index contributed by atoms with van der Waals surface area (Å²) in [5.74, 6) is -2.96. The average molecular weight is 290 g/mol. The van der Waals surface area contributed by atoms with Crippen molar-refractivity contribution >= 4 is 15.8 Å². The number of hydrogen-bond acceptors (Lipinski definition) is 4. The van der Waals surface area contributed by atoms with Gasteiger partial charge in [-0.15, -0.1) is 0 Å². The maximum Gasteiger partial charge on any atom is 0.306 e. The van der Waals surface area contributed by atoms with Crippen molar-refractivity contribution in [2.75, 3.05) is 13.4 Å². The average Bonchev–Trinajstić information content (AvgIpc) is 2.27. The van der Waals surface area contributed by atoms with Crippen molar-refractivity contribution in [1.29, 1.82) is 0 Å². The van der Waals surface area contributed by atoms with Gasteiger partial charge in [0.15, 0.2) is 21.4 Å². The molecule has 0 heterocycles. The molecule has 5 nitrogen and oxygen atoms in total. The van der Waals surface area contributed by atoms with Gasteiger partial charge < -0.3 is 9.84 Å². The fourth-order valence-electron chi connectivity index (χ4n) is 1.66. The van der Waals surface area contributed by atoms with Gasteiger partial charge in [0.05, 0.1) is 13.0 Å². The monoisotopic (exact) mass is 290 g/mol. The lowest BCUT2D eigenvalue weighted by Crippen LogP contribution is -2.14. The van der Waals surface area contributed by atoms with E-state index in [4.69, 9.17) is 9.84 Å². The highest BCUT2D eigenvalue weighted by atomic mass is 32.2. The van der Waals surface area contributed by atoms with Crippen LogP contribution in [0.4, 0.5) is 4.39 Å². The summed E-state index contributed by atoms with van der Waals surface area (Å²) in [7, 11) is -2.49. The van der Waals surface area contributed by atoms with Gasteiger partial charge in [-0.2, -0.15) is 0 Å². The molecule has 0 fully saturated rings. The number of ether oxygens (including phenoxy) is 1. The predicted octanol–water partition coefficient (Wildman–Crippen LogP) is 1.50. The summed E-state index contributed by atoms with van der Waals surface area (Å²) in [4.78, 5) is 10.3. The topological polar surface area (TPSA) is 80.7 Å². The zero-order valence-electron chi connectivity index (χ0n) is 10.8. The largest absolute Gasteiger partial charge is 0.493 e. The van der Waals surface area contributed by atoms with Crippen molar-refractivity contribution in [3.63, 3.8) is 0 Å². The predicted molar refractivity (Wildman–Crippen MR) is 66.6 cm³/mol. The van der Waals surface area contributed by atoms with Crippen molar-refractivity contribution in [1.82, 2.24) is 0 Å². The number of carboxylic acids is 1. The summed E-state index contributed by atoms with van der Waals surface area (Å²) in [6.45, 7) is 1.48. The highest BCUT2D eigenvalue weighted by Gasteiger charge is 2.22. The van der Waals surface area contributed by atoms with Gasteiger partial charge in [-0.05, 0) is 18.1 Å². The van der Waals surface area contributed by atoms with Crippen LogP contribution in [0.2, 0.25) is 0 Å². The van der Waals surface area contributed by atoms with Crippen LogP contribution in [0.1, 0.15) is 12.5 Å². The van der Waals surface area contributed by atoms with Gasteiger partial charge in [-0.1, -0.05) is 13.0 Å². The maximum atomic E-state index is 14.0. The van der Waals surface area contributed by atoms with Crippen LogP contribution >= 0.6 is 0 Å². The Morgan fingerprint density at radius 1 is 1.47 bits per heavy atom. The first-order valence-corrected chi connectivity index (χ1v) is 7.35. The van der Waals surface area contributed by atoms with E-state index in [-0.39, 0.29) is 12.2 Å². The number of benzene rings is 1. The van der Waals surface area contributed by atoms with Crippen LogP contribution in [-0.4, -0.2) is 32.9 Å². The number of methoxy groups -OCH3 is 1. The Balaban J connectivity index is 3.31. The fourth-order valence-corrected chi connectivity index (χ4v) is 2.40. The van der Waals surface area contributed by atoms with Crippen LogP contribution < -0.4 is 4.74 Å². The third-order valence-electron chi connectivity index (χ3n) is 2.69. The number of halogens is 1. The normalized spacial score (nSPS) is 13.1. The lowest BCUT2D eigenvalue weighted by molar-refractivity contribution is -0.141. The highest BCUT2D eigenvalue weighted by molar-refractivity contribution is 7.90. The third kappa shape index (κ3) is 3.44. The van der Waals surface area contributed by atoms with Gasteiger partial charge in [0.25, 0.3) is 0 Å². The van der Waals surface area contributed by atoms with Crippen LogP contribution in [0.25, 0.3) is 0 Å². The van der Waals surface area contributed by atoms with Crippen LogP contribution in [0.3, 0.4) is 0 Å². The summed E-state index contributed by atoms with van der Waals surface area (Å²) in [6, 6.07) is 2.49. The zero-order valence-corrected chi connectivity index (χ0v) is 11.6. The van der Waals surface area contributed by atoms with Crippen molar-refractivity contribution < 1.29 is 27.4 Å². The number of hydrogen-bond donors (Lipinski definition) is 1. The number of aliphatic carboxylic acids is 1. The van der Waals surface area contributed by atoms with Crippen LogP contribution in [0.5, 0.6) is 5.75 Å². The molecule has 1 aromatic carbocycles. The van der Waals surface area contributed by atoms with Crippen LogP contribution in [0, 0.1) is 11.7 Å². The van der Waals surface area contributed by atoms with E-state index >= 15 is 0 Å². The zero-order chi connectivity index (χ0) is 14.8. The summed E-state index contributed by atoms with van der Waals surface area (Å²) >= 11 is 0. The molecule has 0 saturated carbocycles. The molecule has 0 bridgehead atoms. The molecular formula is C12H15FO5S. The molecule has 1 unspecified atom stereocenters. The molecule has 1 aromatic rings. The molecule has 19 heavy (non-hydrogen) atoms. The quantitative estimate of drug-likeness (QED) is 0.889. The van der Waals surface area contributed by atoms with E-state index in [2.05, 4.69) is 0 Å². The second-order valence-corrected chi connectivity index (χ2v) is 6.27. The number of sulfone groups is 1. The van der Waals surface area contributed by atoms with Crippen molar-refractivity contribution in [2.24, 2.45) is 5.92 Å². The maximum absolute atomic E-state index is 14.0. The number of carboxylic acid groups (broad SMARTS) is 1. The Morgan fingerprint density at radius 2 is 2.05 bits per heavy atom. The molecule has 0 aliphatic heterocycles. The smallest absolute Gasteiger partial charge is 0.306 e. The fraction of sp³-hybridized carbons (Fsp3) is 0.417. The Kier molecular flexibility index (Phi) is 4.52. The van der Waals surface area contributed by atoms with E-state index in [0.717, 1.165) is 12.3 Å². The van der Waals surface area contributed by atoms with Gasteiger partial charge in [0.1, 0.15) is 4.90 Å². The van der Waals surface area contributed by atoms with Gasteiger partial charge in [-0.25, -0.2) is 12.8 Å². The minimum Gasteiger partial charge on any atom is -0.493 e. The minimum absolute atomic E-state index is 0.0550. The molecule has 0 aliphatic carbocycles. The second kappa shape index (κ2) is 5.56. The second-order valence-electron chi connectivity index (χ2n) is 4.29. The minimum atomic E-state index is -3.70. The van der Waals surface area contributed by atoms with Gasteiger partial charge in [0.2, 0.25) is 0 Å². The number of carbonyl (C=O) groups is 1. The first-order valence-electron chi connectivity index (χ1n) is 5.46. The Morgan fingerprint density at radius 3 is 2.47 bits per heavy atom. The molecule has 1 N–H and O–H groups in total. The summed E-state index contributed by atoms with van der Waals surface area (Å²) in [5.41, 5.74) is 0.322. The Labute approximate surface area is 110 Å². The van der Waals surface area contributed by atoms with Crippen LogP contribution in [-0.2, 0) is 21.1 Å².